The van der Waals surface area contributed by atoms with Gasteiger partial charge in [0, 0.05) is 24.0 Å². The Kier molecular flexibility index (Phi) is 8.83. The average Bonchev–Trinajstić information content (AvgIpc) is 3.32. The second kappa shape index (κ2) is 12.6. The van der Waals surface area contributed by atoms with Crippen LogP contribution in [0.2, 0.25) is 0 Å². The summed E-state index contributed by atoms with van der Waals surface area (Å²) >= 11 is 0. The molecule has 37 heavy (non-hydrogen) atoms. The summed E-state index contributed by atoms with van der Waals surface area (Å²) in [4.78, 5) is 38.1. The summed E-state index contributed by atoms with van der Waals surface area (Å²) in [6.07, 6.45) is 6.68. The third kappa shape index (κ3) is 6.13. The van der Waals surface area contributed by atoms with E-state index in [2.05, 4.69) is 29.4 Å². The largest absolute Gasteiger partial charge is 0.355 e. The standard InChI is InChI=1S/C28H32N6O3/c1-2-3-4-5-18-31-28(36)34(37-20-35)24-14-10-22(11-15-24)26-32-25-7-6-19-30-27(25)33(26)23-12-8-21(9-13-23)16-17-29/h6-15,19-20H,2-5,16-18,29H2,1H3,(H,31,36). The third-order valence-electron chi connectivity index (χ3n) is 6.04. The number of nitrogens with zero attached hydrogens (tertiary/aromatic N) is 4. The molecule has 4 aromatic rings. The highest BCUT2D eigenvalue weighted by Gasteiger charge is 2.19. The molecule has 0 bridgehead atoms. The number of hydrogen-bond donors (Lipinski definition) is 2. The number of rotatable bonds is 12. The van der Waals surface area contributed by atoms with E-state index in [0.717, 1.165) is 65.1 Å². The molecule has 0 saturated heterocycles. The highest BCUT2D eigenvalue weighted by atomic mass is 16.7. The van der Waals surface area contributed by atoms with Crippen molar-refractivity contribution in [1.82, 2.24) is 19.9 Å². The number of carbonyl (C=O) groups excluding carboxylic acids is 2. The molecule has 0 spiro atoms. The molecule has 0 fully saturated rings. The normalized spacial score (nSPS) is 10.9. The van der Waals surface area contributed by atoms with Crippen molar-refractivity contribution in [2.45, 2.75) is 39.0 Å². The van der Waals surface area contributed by atoms with Gasteiger partial charge < -0.3 is 15.9 Å². The van der Waals surface area contributed by atoms with Gasteiger partial charge in [-0.05, 0) is 73.5 Å². The molecule has 0 aliphatic carbocycles. The van der Waals surface area contributed by atoms with Crippen LogP contribution < -0.4 is 16.1 Å². The maximum atomic E-state index is 12.7. The lowest BCUT2D eigenvalue weighted by atomic mass is 10.1. The number of imidazole rings is 1. The number of benzene rings is 2. The average molecular weight is 501 g/mol. The molecule has 2 aromatic carbocycles. The number of aromatic nitrogens is 3. The lowest BCUT2D eigenvalue weighted by Gasteiger charge is -2.19. The molecule has 0 unspecified atom stereocenters. The Morgan fingerprint density at radius 3 is 2.57 bits per heavy atom. The molecule has 0 radical (unpaired) electrons. The van der Waals surface area contributed by atoms with Gasteiger partial charge in [-0.1, -0.05) is 38.3 Å². The number of carbonyl (C=O) groups is 2. The van der Waals surface area contributed by atoms with Crippen LogP contribution in [0, 0.1) is 0 Å². The Balaban J connectivity index is 1.62. The lowest BCUT2D eigenvalue weighted by Crippen LogP contribution is -2.40. The summed E-state index contributed by atoms with van der Waals surface area (Å²) in [5, 5.41) is 3.76. The van der Waals surface area contributed by atoms with Crippen LogP contribution in [0.5, 0.6) is 0 Å². The van der Waals surface area contributed by atoms with Gasteiger partial charge in [-0.3, -0.25) is 9.36 Å². The molecule has 9 heteroatoms. The number of nitrogens with two attached hydrogens (primary N) is 1. The second-order valence-corrected chi connectivity index (χ2v) is 8.66. The molecule has 9 nitrogen and oxygen atoms in total. The van der Waals surface area contributed by atoms with Crippen LogP contribution in [0.4, 0.5) is 10.5 Å². The van der Waals surface area contributed by atoms with Gasteiger partial charge in [0.15, 0.2) is 5.65 Å². The first kappa shape index (κ1) is 25.8. The van der Waals surface area contributed by atoms with Gasteiger partial charge in [-0.2, -0.15) is 0 Å². The van der Waals surface area contributed by atoms with E-state index in [9.17, 15) is 9.59 Å². The van der Waals surface area contributed by atoms with Crippen molar-refractivity contribution in [1.29, 1.82) is 0 Å². The van der Waals surface area contributed by atoms with E-state index in [4.69, 9.17) is 15.6 Å². The highest BCUT2D eigenvalue weighted by molar-refractivity contribution is 5.91. The van der Waals surface area contributed by atoms with E-state index in [1.165, 1.54) is 0 Å². The Morgan fingerprint density at radius 2 is 1.86 bits per heavy atom. The van der Waals surface area contributed by atoms with Crippen molar-refractivity contribution < 1.29 is 14.4 Å². The van der Waals surface area contributed by atoms with Crippen molar-refractivity contribution in [3.8, 4) is 17.1 Å². The van der Waals surface area contributed by atoms with E-state index >= 15 is 0 Å². The van der Waals surface area contributed by atoms with E-state index in [1.54, 1.807) is 18.3 Å². The van der Waals surface area contributed by atoms with Gasteiger partial charge in [-0.25, -0.2) is 14.8 Å². The van der Waals surface area contributed by atoms with Crippen LogP contribution >= 0.6 is 0 Å². The number of fused-ring (bicyclic) bond motifs is 1. The Bertz CT molecular complexity index is 1320. The minimum Gasteiger partial charge on any atom is -0.335 e. The highest BCUT2D eigenvalue weighted by Crippen LogP contribution is 2.29. The molecule has 0 aliphatic heterocycles. The molecule has 2 aromatic heterocycles. The quantitative estimate of drug-likeness (QED) is 0.164. The Hall–Kier alpha value is -4.24. The predicted octanol–water partition coefficient (Wildman–Crippen LogP) is 4.77. The van der Waals surface area contributed by atoms with Crippen LogP contribution in [0.15, 0.2) is 66.9 Å². The van der Waals surface area contributed by atoms with Crippen molar-refractivity contribution in [3.05, 3.63) is 72.4 Å². The van der Waals surface area contributed by atoms with Gasteiger partial charge in [-0.15, -0.1) is 5.06 Å². The zero-order valence-electron chi connectivity index (χ0n) is 21.0. The SMILES string of the molecule is CCCCCCNC(=O)N(OC=O)c1ccc(-c2nc3cccnc3n2-c2ccc(CCN)cc2)cc1. The van der Waals surface area contributed by atoms with E-state index in [-0.39, 0.29) is 6.47 Å². The number of hydroxylamine groups is 1. The summed E-state index contributed by atoms with van der Waals surface area (Å²) in [7, 11) is 0. The number of hydrogen-bond acceptors (Lipinski definition) is 6. The fourth-order valence-electron chi connectivity index (χ4n) is 4.16. The topological polar surface area (TPSA) is 115 Å². The second-order valence-electron chi connectivity index (χ2n) is 8.66. The van der Waals surface area contributed by atoms with Crippen LogP contribution in [0.3, 0.4) is 0 Å². The minimum atomic E-state index is -0.495. The summed E-state index contributed by atoms with van der Waals surface area (Å²) in [6, 6.07) is 18.6. The molecule has 2 amide bonds. The van der Waals surface area contributed by atoms with Crippen LogP contribution in [0.25, 0.3) is 28.2 Å². The summed E-state index contributed by atoms with van der Waals surface area (Å²) < 4.78 is 2.00. The summed E-state index contributed by atoms with van der Waals surface area (Å²) in [6.45, 7) is 3.47. The number of urea groups is 1. The molecule has 3 N–H and O–H groups in total. The maximum Gasteiger partial charge on any atom is 0.355 e. The third-order valence-corrected chi connectivity index (χ3v) is 6.04. The zero-order chi connectivity index (χ0) is 26.0. The molecular weight excluding hydrogens is 468 g/mol. The van der Waals surface area contributed by atoms with Crippen molar-refractivity contribution in [2.75, 3.05) is 18.2 Å². The van der Waals surface area contributed by atoms with Gasteiger partial charge in [0.25, 0.3) is 0 Å². The maximum absolute atomic E-state index is 12.7. The first-order valence-corrected chi connectivity index (χ1v) is 12.6. The zero-order valence-corrected chi connectivity index (χ0v) is 21.0. The van der Waals surface area contributed by atoms with Gasteiger partial charge >= 0.3 is 12.5 Å². The number of unbranched alkanes of at least 4 members (excludes halogenated alkanes) is 3. The van der Waals surface area contributed by atoms with Crippen molar-refractivity contribution >= 4 is 29.4 Å². The Labute approximate surface area is 216 Å². The minimum absolute atomic E-state index is 0.240. The van der Waals surface area contributed by atoms with Crippen molar-refractivity contribution in [2.24, 2.45) is 5.73 Å². The monoisotopic (exact) mass is 500 g/mol. The van der Waals surface area contributed by atoms with Gasteiger partial charge in [0.2, 0.25) is 0 Å². The van der Waals surface area contributed by atoms with E-state index < -0.39 is 6.03 Å². The fraction of sp³-hybridized carbons (Fsp3) is 0.286. The molecular formula is C28H32N6O3. The van der Waals surface area contributed by atoms with Gasteiger partial charge in [0.05, 0.1) is 5.69 Å². The fourth-order valence-corrected chi connectivity index (χ4v) is 4.16. The lowest BCUT2D eigenvalue weighted by molar-refractivity contribution is -0.128. The van der Waals surface area contributed by atoms with Crippen molar-refractivity contribution in [3.63, 3.8) is 0 Å². The number of amides is 2. The number of anilines is 1. The van der Waals surface area contributed by atoms with Gasteiger partial charge in [0.1, 0.15) is 11.3 Å². The first-order valence-electron chi connectivity index (χ1n) is 12.6. The molecule has 0 saturated carbocycles. The number of pyridine rings is 1. The van der Waals surface area contributed by atoms with Crippen LogP contribution in [0.1, 0.15) is 38.2 Å². The predicted molar refractivity (Wildman–Crippen MR) is 144 cm³/mol. The molecule has 4 rings (SSSR count). The molecule has 0 aliphatic rings. The van der Waals surface area contributed by atoms with E-state index in [1.807, 2.05) is 41.0 Å². The number of nitrogens with one attached hydrogen (secondary N) is 1. The summed E-state index contributed by atoms with van der Waals surface area (Å²) in [5.41, 5.74) is 10.5. The smallest absolute Gasteiger partial charge is 0.335 e. The molecule has 192 valence electrons. The van der Waals surface area contributed by atoms with Crippen LogP contribution in [-0.2, 0) is 16.1 Å². The molecule has 0 atom stereocenters. The molecule has 2 heterocycles. The first-order chi connectivity index (χ1) is 18.2. The van der Waals surface area contributed by atoms with Crippen LogP contribution in [-0.4, -0.2) is 40.1 Å². The Morgan fingerprint density at radius 1 is 1.08 bits per heavy atom. The summed E-state index contributed by atoms with van der Waals surface area (Å²) in [5.74, 6) is 0.704. The van der Waals surface area contributed by atoms with E-state index in [0.29, 0.717) is 24.6 Å².